The Hall–Kier alpha value is -0.810. The first-order valence-electron chi connectivity index (χ1n) is 4.93. The van der Waals surface area contributed by atoms with Gasteiger partial charge >= 0.3 is 5.97 Å². The van der Waals surface area contributed by atoms with Gasteiger partial charge in [-0.25, -0.2) is 4.79 Å². The van der Waals surface area contributed by atoms with Crippen molar-refractivity contribution >= 4 is 43.4 Å². The Balaban J connectivity index is 2.76. The summed E-state index contributed by atoms with van der Waals surface area (Å²) in [5, 5.41) is 0. The van der Waals surface area contributed by atoms with Crippen molar-refractivity contribution in [3.63, 3.8) is 0 Å². The van der Waals surface area contributed by atoms with E-state index in [2.05, 4.69) is 31.9 Å². The summed E-state index contributed by atoms with van der Waals surface area (Å²) in [7, 11) is 1.57. The normalized spacial score (nSPS) is 13.5. The number of halogens is 2. The molecular formula is C12H10Br2O3. The highest BCUT2D eigenvalue weighted by atomic mass is 79.9. The van der Waals surface area contributed by atoms with Gasteiger partial charge in [-0.3, -0.25) is 0 Å². The maximum Gasteiger partial charge on any atom is 0.344 e. The fourth-order valence-corrected chi connectivity index (χ4v) is 3.31. The highest BCUT2D eigenvalue weighted by molar-refractivity contribution is 9.11. The molecule has 0 saturated heterocycles. The molecule has 1 heterocycles. The van der Waals surface area contributed by atoms with Crippen LogP contribution in [0.4, 0.5) is 0 Å². The van der Waals surface area contributed by atoms with E-state index in [1.165, 1.54) is 0 Å². The van der Waals surface area contributed by atoms with E-state index in [-0.39, 0.29) is 5.97 Å². The molecule has 0 aliphatic carbocycles. The molecule has 0 bridgehead atoms. The quantitative estimate of drug-likeness (QED) is 0.432. The molecule has 0 N–H and O–H groups in total. The van der Waals surface area contributed by atoms with E-state index < -0.39 is 0 Å². The molecule has 5 heteroatoms. The third-order valence-electron chi connectivity index (χ3n) is 2.50. The van der Waals surface area contributed by atoms with Crippen molar-refractivity contribution in [2.45, 2.75) is 13.8 Å². The predicted octanol–water partition coefficient (Wildman–Crippen LogP) is 3.93. The van der Waals surface area contributed by atoms with Gasteiger partial charge < -0.3 is 9.47 Å². The number of rotatable bonds is 1. The monoisotopic (exact) mass is 360 g/mol. The highest BCUT2D eigenvalue weighted by Gasteiger charge is 2.32. The smallest absolute Gasteiger partial charge is 0.344 e. The second kappa shape index (κ2) is 4.46. The van der Waals surface area contributed by atoms with Crippen LogP contribution in [0.2, 0.25) is 0 Å². The van der Waals surface area contributed by atoms with E-state index in [0.29, 0.717) is 21.5 Å². The fraction of sp³-hybridized carbons (Fsp3) is 0.250. The van der Waals surface area contributed by atoms with Crippen molar-refractivity contribution in [2.24, 2.45) is 0 Å². The van der Waals surface area contributed by atoms with Gasteiger partial charge in [0.25, 0.3) is 0 Å². The Bertz CT molecular complexity index is 543. The van der Waals surface area contributed by atoms with Gasteiger partial charge in [-0.15, -0.1) is 0 Å². The Morgan fingerprint density at radius 2 is 2.00 bits per heavy atom. The number of carbonyl (C=O) groups excluding carboxylic acids is 1. The summed E-state index contributed by atoms with van der Waals surface area (Å²) in [6, 6.07) is 1.84. The van der Waals surface area contributed by atoms with Gasteiger partial charge in [0.05, 0.1) is 17.2 Å². The van der Waals surface area contributed by atoms with Crippen LogP contribution in [0.1, 0.15) is 19.4 Å². The molecule has 0 saturated carbocycles. The number of hydrogen-bond acceptors (Lipinski definition) is 3. The molecule has 0 unspecified atom stereocenters. The van der Waals surface area contributed by atoms with E-state index >= 15 is 0 Å². The topological polar surface area (TPSA) is 35.5 Å². The van der Waals surface area contributed by atoms with E-state index in [9.17, 15) is 4.79 Å². The molecule has 0 fully saturated rings. The first-order chi connectivity index (χ1) is 7.97. The number of esters is 1. The number of benzene rings is 1. The molecule has 1 aromatic carbocycles. The SMILES string of the molecule is COc1c(Br)cc2c(c1Br)OC(=O)C2=C(C)C. The van der Waals surface area contributed by atoms with Crippen LogP contribution in [0.15, 0.2) is 20.6 Å². The minimum Gasteiger partial charge on any atom is -0.494 e. The number of methoxy groups -OCH3 is 1. The lowest BCUT2D eigenvalue weighted by atomic mass is 10.0. The van der Waals surface area contributed by atoms with Crippen LogP contribution < -0.4 is 9.47 Å². The molecule has 0 spiro atoms. The standard InChI is InChI=1S/C12H10Br2O3/c1-5(2)8-6-4-7(13)11(16-3)9(14)10(6)17-12(8)15/h4H,1-3H3. The first kappa shape index (κ1) is 12.6. The van der Waals surface area contributed by atoms with Crippen molar-refractivity contribution in [1.29, 1.82) is 0 Å². The van der Waals surface area contributed by atoms with Crippen molar-refractivity contribution in [2.75, 3.05) is 7.11 Å². The molecule has 2 rings (SSSR count). The Morgan fingerprint density at radius 1 is 1.35 bits per heavy atom. The van der Waals surface area contributed by atoms with Crippen molar-refractivity contribution < 1.29 is 14.3 Å². The lowest BCUT2D eigenvalue weighted by molar-refractivity contribution is -0.127. The molecule has 17 heavy (non-hydrogen) atoms. The van der Waals surface area contributed by atoms with Crippen molar-refractivity contribution in [3.05, 3.63) is 26.1 Å². The average Bonchev–Trinajstić information content (AvgIpc) is 2.55. The molecule has 90 valence electrons. The minimum absolute atomic E-state index is 0.319. The van der Waals surface area contributed by atoms with E-state index in [1.54, 1.807) is 7.11 Å². The molecule has 3 nitrogen and oxygen atoms in total. The number of hydrogen-bond donors (Lipinski definition) is 0. The summed E-state index contributed by atoms with van der Waals surface area (Å²) < 4.78 is 11.9. The van der Waals surface area contributed by atoms with Crippen LogP contribution in [-0.4, -0.2) is 13.1 Å². The summed E-state index contributed by atoms with van der Waals surface area (Å²) in [4.78, 5) is 11.8. The molecule has 0 radical (unpaired) electrons. The number of fused-ring (bicyclic) bond motifs is 1. The van der Waals surface area contributed by atoms with Gasteiger partial charge in [0, 0.05) is 5.56 Å². The minimum atomic E-state index is -0.319. The molecule has 1 aromatic rings. The third kappa shape index (κ3) is 1.91. The number of allylic oxidation sites excluding steroid dienone is 1. The second-order valence-electron chi connectivity index (χ2n) is 3.85. The summed E-state index contributed by atoms with van der Waals surface area (Å²) in [6.45, 7) is 3.77. The van der Waals surface area contributed by atoms with Crippen LogP contribution in [0.3, 0.4) is 0 Å². The van der Waals surface area contributed by atoms with E-state index in [1.807, 2.05) is 19.9 Å². The van der Waals surface area contributed by atoms with Gasteiger partial charge in [-0.05, 0) is 51.8 Å². The van der Waals surface area contributed by atoms with E-state index in [4.69, 9.17) is 9.47 Å². The fourth-order valence-electron chi connectivity index (χ4n) is 1.78. The summed E-state index contributed by atoms with van der Waals surface area (Å²) in [5.41, 5.74) is 2.33. The second-order valence-corrected chi connectivity index (χ2v) is 5.49. The third-order valence-corrected chi connectivity index (χ3v) is 3.81. The summed E-state index contributed by atoms with van der Waals surface area (Å²) in [5.74, 6) is 0.818. The van der Waals surface area contributed by atoms with Gasteiger partial charge in [-0.2, -0.15) is 0 Å². The Labute approximate surface area is 116 Å². The van der Waals surface area contributed by atoms with Gasteiger partial charge in [0.15, 0.2) is 11.5 Å². The zero-order chi connectivity index (χ0) is 12.7. The van der Waals surface area contributed by atoms with Gasteiger partial charge in [-0.1, -0.05) is 5.57 Å². The van der Waals surface area contributed by atoms with Crippen molar-refractivity contribution in [3.8, 4) is 11.5 Å². The van der Waals surface area contributed by atoms with Gasteiger partial charge in [0.1, 0.15) is 4.47 Å². The highest BCUT2D eigenvalue weighted by Crippen LogP contribution is 2.48. The molecule has 0 amide bonds. The largest absolute Gasteiger partial charge is 0.494 e. The molecule has 0 atom stereocenters. The van der Waals surface area contributed by atoms with Crippen LogP contribution in [0.5, 0.6) is 11.5 Å². The van der Waals surface area contributed by atoms with E-state index in [0.717, 1.165) is 15.6 Å². The predicted molar refractivity (Wildman–Crippen MR) is 72.3 cm³/mol. The average molecular weight is 362 g/mol. The lowest BCUT2D eigenvalue weighted by Gasteiger charge is -2.09. The Kier molecular flexibility index (Phi) is 3.32. The summed E-state index contributed by atoms with van der Waals surface area (Å²) >= 11 is 6.81. The molecule has 1 aliphatic rings. The summed E-state index contributed by atoms with van der Waals surface area (Å²) in [6.07, 6.45) is 0. The zero-order valence-corrected chi connectivity index (χ0v) is 12.7. The maximum absolute atomic E-state index is 11.8. The first-order valence-corrected chi connectivity index (χ1v) is 6.52. The molecule has 0 aromatic heterocycles. The number of ether oxygens (including phenoxy) is 2. The van der Waals surface area contributed by atoms with Gasteiger partial charge in [0.2, 0.25) is 0 Å². The maximum atomic E-state index is 11.8. The Morgan fingerprint density at radius 3 is 2.53 bits per heavy atom. The lowest BCUT2D eigenvalue weighted by Crippen LogP contribution is -2.01. The van der Waals surface area contributed by atoms with Crippen LogP contribution in [-0.2, 0) is 4.79 Å². The van der Waals surface area contributed by atoms with Crippen molar-refractivity contribution in [1.82, 2.24) is 0 Å². The van der Waals surface area contributed by atoms with Crippen LogP contribution in [0, 0.1) is 0 Å². The van der Waals surface area contributed by atoms with Crippen LogP contribution >= 0.6 is 31.9 Å². The zero-order valence-electron chi connectivity index (χ0n) is 9.56. The molecule has 1 aliphatic heterocycles. The molecular weight excluding hydrogens is 352 g/mol. The number of carbonyl (C=O) groups is 1. The van der Waals surface area contributed by atoms with Crippen LogP contribution in [0.25, 0.3) is 5.57 Å².